The van der Waals surface area contributed by atoms with Gasteiger partial charge in [0, 0.05) is 99.6 Å². The molecule has 406 valence electrons. The molecule has 12 nitrogen and oxygen atoms in total. The van der Waals surface area contributed by atoms with Crippen LogP contribution in [-0.4, -0.2) is 57.3 Å². The lowest BCUT2D eigenvalue weighted by atomic mass is 9.86. The van der Waals surface area contributed by atoms with Gasteiger partial charge in [0.15, 0.2) is 0 Å². The van der Waals surface area contributed by atoms with E-state index in [4.69, 9.17) is 4.98 Å². The number of aryl methyl sites for hydroxylation is 10. The Bertz CT molecular complexity index is 2540. The Balaban J connectivity index is 0.000000163. The van der Waals surface area contributed by atoms with Crippen molar-refractivity contribution in [3.8, 4) is 0 Å². The normalized spacial score (nSPS) is 16.6. The Morgan fingerprint density at radius 2 is 0.740 bits per heavy atom. The highest BCUT2D eigenvalue weighted by Crippen LogP contribution is 2.36. The molecule has 0 unspecified atom stereocenters. The van der Waals surface area contributed by atoms with Crippen LogP contribution in [0.5, 0.6) is 0 Å². The van der Waals surface area contributed by atoms with E-state index in [2.05, 4.69) is 189 Å². The molecule has 4 saturated carbocycles. The summed E-state index contributed by atoms with van der Waals surface area (Å²) >= 11 is 0. The molecule has 10 rings (SSSR count). The summed E-state index contributed by atoms with van der Waals surface area (Å²) in [5.41, 5.74) is 11.6. The fraction of sp³-hybridized carbons (Fsp3) is 0.705. The molecule has 0 bridgehead atoms. The van der Waals surface area contributed by atoms with Gasteiger partial charge in [0.25, 0.3) is 0 Å². The third-order valence-corrected chi connectivity index (χ3v) is 16.7. The van der Waals surface area contributed by atoms with Crippen molar-refractivity contribution >= 4 is 0 Å². The molecular formula is C61H102N12. The summed E-state index contributed by atoms with van der Waals surface area (Å²) < 4.78 is 13.1. The average Bonchev–Trinajstić information content (AvgIpc) is 4.27. The molecule has 0 spiro atoms. The molecule has 0 N–H and O–H groups in total. The van der Waals surface area contributed by atoms with E-state index in [-0.39, 0.29) is 0 Å². The molecule has 0 radical (unpaired) electrons. The summed E-state index contributed by atoms with van der Waals surface area (Å²) in [6.07, 6.45) is 31.2. The summed E-state index contributed by atoms with van der Waals surface area (Å²) in [5, 5.41) is 0. The third-order valence-electron chi connectivity index (χ3n) is 16.7. The first-order valence-corrected chi connectivity index (χ1v) is 28.6. The minimum atomic E-state index is 0.524. The molecule has 4 aliphatic rings. The molecule has 0 amide bonds. The molecule has 0 aromatic carbocycles. The van der Waals surface area contributed by atoms with Crippen molar-refractivity contribution in [2.24, 2.45) is 28.2 Å². The van der Waals surface area contributed by atoms with Crippen LogP contribution in [0.15, 0.2) is 18.6 Å². The van der Waals surface area contributed by atoms with Gasteiger partial charge in [0.2, 0.25) is 0 Å². The van der Waals surface area contributed by atoms with Crippen molar-refractivity contribution < 1.29 is 0 Å². The topological polar surface area (TPSA) is 107 Å². The van der Waals surface area contributed by atoms with Crippen LogP contribution in [0.4, 0.5) is 0 Å². The number of imidazole rings is 6. The zero-order valence-electron chi connectivity index (χ0n) is 49.8. The maximum absolute atomic E-state index is 4.70. The average molecular weight is 1000 g/mol. The predicted molar refractivity (Wildman–Crippen MR) is 304 cm³/mol. The zero-order chi connectivity index (χ0) is 53.7. The van der Waals surface area contributed by atoms with Gasteiger partial charge in [-0.1, -0.05) is 64.2 Å². The molecule has 6 heterocycles. The standard InChI is InChI=1S/C12H20N2.2C11H18N2.C10H16N2.C9H16N2.C8H14N2/c1-9-12(13-10(2)14(9)3)11-7-5-4-6-8-11;1-8-11(10-6-4-5-7-10)12-9(2)13(8)3;1-9-12-11(8-13(9)2)10-6-4-3-5-7-10;1-8-11-10(7-12(8)2)9-5-3-4-6-9;1-6(2)11-8(4)7(3)10-9(11)5;1-6(2)10-5-7(3)9-8(10)4/h11H,4-8H2,1-3H3;10H,4-7H2,1-3H3;8,10H,3-7H2,1-2H3;7,9H,3-6H2,1-2H3;6H,1-5H3;5-6H,1-4H3. The lowest BCUT2D eigenvalue weighted by Crippen LogP contribution is -2.06. The first-order chi connectivity index (χ1) is 34.6. The van der Waals surface area contributed by atoms with Crippen LogP contribution >= 0.6 is 0 Å². The lowest BCUT2D eigenvalue weighted by Gasteiger charge is -2.20. The summed E-state index contributed by atoms with van der Waals surface area (Å²) in [7, 11) is 8.37. The predicted octanol–water partition coefficient (Wildman–Crippen LogP) is 15.4. The van der Waals surface area contributed by atoms with E-state index in [9.17, 15) is 0 Å². The molecule has 4 aliphatic carbocycles. The summed E-state index contributed by atoms with van der Waals surface area (Å²) in [6, 6.07) is 1.05. The largest absolute Gasteiger partial charge is 0.338 e. The van der Waals surface area contributed by atoms with Crippen LogP contribution in [0.2, 0.25) is 0 Å². The van der Waals surface area contributed by atoms with Gasteiger partial charge >= 0.3 is 0 Å². The Hall–Kier alpha value is -4.74. The van der Waals surface area contributed by atoms with Gasteiger partial charge in [0.05, 0.1) is 34.2 Å². The van der Waals surface area contributed by atoms with Crippen LogP contribution in [0.3, 0.4) is 0 Å². The first kappa shape index (κ1) is 59.1. The van der Waals surface area contributed by atoms with Crippen molar-refractivity contribution in [1.29, 1.82) is 0 Å². The molecule has 4 fully saturated rings. The van der Waals surface area contributed by atoms with Gasteiger partial charge < -0.3 is 27.4 Å². The molecular weight excluding hydrogens is 901 g/mol. The van der Waals surface area contributed by atoms with Crippen molar-refractivity contribution in [2.75, 3.05) is 0 Å². The smallest absolute Gasteiger partial charge is 0.106 e. The van der Waals surface area contributed by atoms with Crippen LogP contribution in [0.1, 0.15) is 265 Å². The van der Waals surface area contributed by atoms with E-state index in [0.29, 0.717) is 12.1 Å². The number of aromatic nitrogens is 12. The van der Waals surface area contributed by atoms with Crippen LogP contribution < -0.4 is 0 Å². The maximum atomic E-state index is 4.70. The van der Waals surface area contributed by atoms with Gasteiger partial charge in [0.1, 0.15) is 34.9 Å². The van der Waals surface area contributed by atoms with Gasteiger partial charge in [-0.25, -0.2) is 29.9 Å². The quantitative estimate of drug-likeness (QED) is 0.164. The SMILES string of the molecule is Cc1cn(C(C)C)c(C)n1.Cc1nc(C)n(C(C)C)c1C.Cc1nc(C2CCCC2)c(C)n1C.Cc1nc(C2CCCC2)cn1C.Cc1nc(C2CCCCC2)c(C)n1C.Cc1nc(C2CCCCC2)cn1C. The fourth-order valence-corrected chi connectivity index (χ4v) is 11.7. The van der Waals surface area contributed by atoms with Crippen LogP contribution in [0.25, 0.3) is 0 Å². The first-order valence-electron chi connectivity index (χ1n) is 28.6. The van der Waals surface area contributed by atoms with Gasteiger partial charge in [-0.2, -0.15) is 0 Å². The third kappa shape index (κ3) is 16.1. The Morgan fingerprint density at radius 3 is 0.973 bits per heavy atom. The molecule has 0 saturated heterocycles. The monoisotopic (exact) mass is 1000 g/mol. The number of hydrogen-bond acceptors (Lipinski definition) is 6. The van der Waals surface area contributed by atoms with E-state index in [1.165, 1.54) is 155 Å². The van der Waals surface area contributed by atoms with E-state index in [1.54, 1.807) is 0 Å². The minimum absolute atomic E-state index is 0.524. The van der Waals surface area contributed by atoms with Crippen LogP contribution in [-0.2, 0) is 28.2 Å². The summed E-state index contributed by atoms with van der Waals surface area (Å²) in [5.74, 6) is 9.80. The molecule has 0 aliphatic heterocycles. The highest BCUT2D eigenvalue weighted by atomic mass is 15.1. The van der Waals surface area contributed by atoms with Gasteiger partial charge in [-0.3, -0.25) is 0 Å². The second-order valence-electron chi connectivity index (χ2n) is 22.9. The molecule has 6 aromatic rings. The van der Waals surface area contributed by atoms with Crippen molar-refractivity contribution in [1.82, 2.24) is 57.3 Å². The Morgan fingerprint density at radius 1 is 0.370 bits per heavy atom. The molecule has 0 atom stereocenters. The Labute approximate surface area is 443 Å². The van der Waals surface area contributed by atoms with E-state index in [0.717, 1.165) is 70.0 Å². The summed E-state index contributed by atoms with van der Waals surface area (Å²) in [4.78, 5) is 27.2. The van der Waals surface area contributed by atoms with E-state index >= 15 is 0 Å². The highest BCUT2D eigenvalue weighted by molar-refractivity contribution is 5.21. The highest BCUT2D eigenvalue weighted by Gasteiger charge is 2.24. The molecule has 12 heteroatoms. The van der Waals surface area contributed by atoms with Gasteiger partial charge in [-0.15, -0.1) is 0 Å². The fourth-order valence-electron chi connectivity index (χ4n) is 11.7. The van der Waals surface area contributed by atoms with Crippen LogP contribution in [0, 0.1) is 76.2 Å². The molecule has 6 aromatic heterocycles. The summed E-state index contributed by atoms with van der Waals surface area (Å²) in [6.45, 7) is 31.7. The van der Waals surface area contributed by atoms with Crippen molar-refractivity contribution in [2.45, 2.75) is 255 Å². The lowest BCUT2D eigenvalue weighted by molar-refractivity contribution is 0.436. The van der Waals surface area contributed by atoms with Crippen molar-refractivity contribution in [3.05, 3.63) is 105 Å². The number of hydrogen-bond donors (Lipinski definition) is 0. The minimum Gasteiger partial charge on any atom is -0.338 e. The molecule has 73 heavy (non-hydrogen) atoms. The van der Waals surface area contributed by atoms with E-state index in [1.807, 2.05) is 13.8 Å². The zero-order valence-corrected chi connectivity index (χ0v) is 49.8. The number of rotatable bonds is 6. The van der Waals surface area contributed by atoms with E-state index < -0.39 is 0 Å². The maximum Gasteiger partial charge on any atom is 0.106 e. The van der Waals surface area contributed by atoms with Crippen molar-refractivity contribution in [3.63, 3.8) is 0 Å². The number of nitrogens with zero attached hydrogens (tertiary/aromatic N) is 12. The Kier molecular flexibility index (Phi) is 22.4. The van der Waals surface area contributed by atoms with Gasteiger partial charge in [-0.05, 0) is 155 Å². The second-order valence-corrected chi connectivity index (χ2v) is 22.9. The second kappa shape index (κ2) is 27.7.